The van der Waals surface area contributed by atoms with Gasteiger partial charge in [-0.1, -0.05) is 6.92 Å². The Balaban J connectivity index is 2.47. The van der Waals surface area contributed by atoms with Crippen LogP contribution in [0.15, 0.2) is 6.07 Å². The molecular weight excluding hydrogens is 260 g/mol. The Labute approximate surface area is 109 Å². The Kier molecular flexibility index (Phi) is 3.71. The van der Waals surface area contributed by atoms with Crippen LogP contribution in [-0.2, 0) is 0 Å². The molecular formula is C13H16F4N2. The summed E-state index contributed by atoms with van der Waals surface area (Å²) in [4.78, 5) is 1.35. The van der Waals surface area contributed by atoms with E-state index < -0.39 is 29.0 Å². The van der Waals surface area contributed by atoms with Crippen LogP contribution in [0.3, 0.4) is 0 Å². The SMILES string of the molecule is CC1C(N)CCN(c2c(F)c(F)cc(F)c2F)C1C. The lowest BCUT2D eigenvalue weighted by Gasteiger charge is -2.42. The zero-order valence-corrected chi connectivity index (χ0v) is 10.8. The first-order chi connectivity index (χ1) is 8.84. The summed E-state index contributed by atoms with van der Waals surface area (Å²) in [5, 5.41) is 0. The van der Waals surface area contributed by atoms with Crippen molar-refractivity contribution in [2.45, 2.75) is 32.4 Å². The van der Waals surface area contributed by atoms with Crippen molar-refractivity contribution in [2.75, 3.05) is 11.4 Å². The second-order valence-corrected chi connectivity index (χ2v) is 5.06. The molecule has 106 valence electrons. The molecule has 0 aromatic heterocycles. The lowest BCUT2D eigenvalue weighted by molar-refractivity contribution is 0.308. The average Bonchev–Trinajstić information content (AvgIpc) is 2.36. The molecule has 2 N–H and O–H groups in total. The van der Waals surface area contributed by atoms with E-state index in [1.165, 1.54) is 4.90 Å². The molecule has 1 aromatic carbocycles. The predicted octanol–water partition coefficient (Wildman–Crippen LogP) is 2.81. The van der Waals surface area contributed by atoms with Crippen LogP contribution in [0.1, 0.15) is 20.3 Å². The normalized spacial score (nSPS) is 27.7. The first kappa shape index (κ1) is 14.1. The van der Waals surface area contributed by atoms with Gasteiger partial charge in [0.15, 0.2) is 23.3 Å². The maximum Gasteiger partial charge on any atom is 0.185 e. The summed E-state index contributed by atoms with van der Waals surface area (Å²) in [6, 6.07) is -0.164. The molecule has 2 rings (SSSR count). The fourth-order valence-corrected chi connectivity index (χ4v) is 2.52. The Hall–Kier alpha value is -1.30. The summed E-state index contributed by atoms with van der Waals surface area (Å²) in [6.07, 6.45) is 0.516. The summed E-state index contributed by atoms with van der Waals surface area (Å²) < 4.78 is 54.0. The number of hydrogen-bond acceptors (Lipinski definition) is 2. The van der Waals surface area contributed by atoms with E-state index in [4.69, 9.17) is 5.73 Å². The summed E-state index contributed by atoms with van der Waals surface area (Å²) >= 11 is 0. The molecule has 0 bridgehead atoms. The molecule has 0 spiro atoms. The first-order valence-corrected chi connectivity index (χ1v) is 6.19. The van der Waals surface area contributed by atoms with E-state index in [0.717, 1.165) is 0 Å². The van der Waals surface area contributed by atoms with E-state index in [2.05, 4.69) is 0 Å². The van der Waals surface area contributed by atoms with Gasteiger partial charge in [0.05, 0.1) is 0 Å². The molecule has 1 aliphatic rings. The van der Waals surface area contributed by atoms with E-state index in [1.807, 2.05) is 6.92 Å². The molecule has 3 unspecified atom stereocenters. The molecule has 0 aliphatic carbocycles. The third kappa shape index (κ3) is 2.29. The van der Waals surface area contributed by atoms with Gasteiger partial charge >= 0.3 is 0 Å². The van der Waals surface area contributed by atoms with E-state index in [9.17, 15) is 17.6 Å². The van der Waals surface area contributed by atoms with Gasteiger partial charge in [0.25, 0.3) is 0 Å². The van der Waals surface area contributed by atoms with Gasteiger partial charge in [-0.15, -0.1) is 0 Å². The van der Waals surface area contributed by atoms with Crippen molar-refractivity contribution in [1.82, 2.24) is 0 Å². The van der Waals surface area contributed by atoms with Gasteiger partial charge in [-0.3, -0.25) is 0 Å². The van der Waals surface area contributed by atoms with Crippen molar-refractivity contribution < 1.29 is 17.6 Å². The highest BCUT2D eigenvalue weighted by Crippen LogP contribution is 2.33. The highest BCUT2D eigenvalue weighted by Gasteiger charge is 2.34. The van der Waals surface area contributed by atoms with Gasteiger partial charge < -0.3 is 10.6 Å². The number of benzene rings is 1. The Bertz CT molecular complexity index is 466. The summed E-state index contributed by atoms with van der Waals surface area (Å²) in [6.45, 7) is 3.86. The molecule has 1 saturated heterocycles. The van der Waals surface area contributed by atoms with E-state index in [1.54, 1.807) is 6.92 Å². The van der Waals surface area contributed by atoms with E-state index in [0.29, 0.717) is 6.42 Å². The number of piperidine rings is 1. The Morgan fingerprint density at radius 2 is 1.63 bits per heavy atom. The second kappa shape index (κ2) is 5.00. The van der Waals surface area contributed by atoms with E-state index >= 15 is 0 Å². The number of rotatable bonds is 1. The third-order valence-corrected chi connectivity index (χ3v) is 4.01. The fourth-order valence-electron chi connectivity index (χ4n) is 2.52. The minimum atomic E-state index is -1.39. The van der Waals surface area contributed by atoms with Crippen molar-refractivity contribution >= 4 is 5.69 Å². The summed E-state index contributed by atoms with van der Waals surface area (Å²) in [5.41, 5.74) is 5.25. The molecule has 1 heterocycles. The van der Waals surface area contributed by atoms with Crippen molar-refractivity contribution in [2.24, 2.45) is 11.7 Å². The standard InChI is InChI=1S/C13H16F4N2/c1-6-7(2)19(4-3-10(6)18)13-11(16)8(14)5-9(15)12(13)17/h5-7,10H,3-4,18H2,1-2H3. The molecule has 1 fully saturated rings. The topological polar surface area (TPSA) is 29.3 Å². The van der Waals surface area contributed by atoms with Crippen LogP contribution in [0.25, 0.3) is 0 Å². The van der Waals surface area contributed by atoms with Crippen LogP contribution < -0.4 is 10.6 Å². The van der Waals surface area contributed by atoms with Gasteiger partial charge in [-0.25, -0.2) is 17.6 Å². The van der Waals surface area contributed by atoms with Gasteiger partial charge in [-0.05, 0) is 19.3 Å². The second-order valence-electron chi connectivity index (χ2n) is 5.06. The maximum absolute atomic E-state index is 13.8. The summed E-state index contributed by atoms with van der Waals surface area (Å²) in [5.74, 6) is -5.51. The molecule has 0 radical (unpaired) electrons. The van der Waals surface area contributed by atoms with Crippen molar-refractivity contribution in [1.29, 1.82) is 0 Å². The zero-order valence-electron chi connectivity index (χ0n) is 10.8. The largest absolute Gasteiger partial charge is 0.364 e. The van der Waals surface area contributed by atoms with E-state index in [-0.39, 0.29) is 30.6 Å². The number of halogens is 4. The predicted molar refractivity (Wildman–Crippen MR) is 64.8 cm³/mol. The smallest absolute Gasteiger partial charge is 0.185 e. The van der Waals surface area contributed by atoms with Crippen LogP contribution in [0, 0.1) is 29.2 Å². The fraction of sp³-hybridized carbons (Fsp3) is 0.538. The quantitative estimate of drug-likeness (QED) is 0.631. The molecule has 0 amide bonds. The highest BCUT2D eigenvalue weighted by atomic mass is 19.2. The Morgan fingerprint density at radius 3 is 2.16 bits per heavy atom. The van der Waals surface area contributed by atoms with Crippen molar-refractivity contribution in [3.8, 4) is 0 Å². The van der Waals surface area contributed by atoms with Gasteiger partial charge in [-0.2, -0.15) is 0 Å². The molecule has 1 aromatic rings. The van der Waals surface area contributed by atoms with Crippen molar-refractivity contribution in [3.63, 3.8) is 0 Å². The minimum Gasteiger partial charge on any atom is -0.364 e. The summed E-state index contributed by atoms with van der Waals surface area (Å²) in [7, 11) is 0. The van der Waals surface area contributed by atoms with Gasteiger partial charge in [0.2, 0.25) is 0 Å². The molecule has 0 saturated carbocycles. The monoisotopic (exact) mass is 276 g/mol. The van der Waals surface area contributed by atoms with Crippen LogP contribution in [0.5, 0.6) is 0 Å². The number of nitrogens with two attached hydrogens (primary N) is 1. The average molecular weight is 276 g/mol. The maximum atomic E-state index is 13.8. The molecule has 3 atom stereocenters. The van der Waals surface area contributed by atoms with Gasteiger partial charge in [0, 0.05) is 24.7 Å². The molecule has 6 heteroatoms. The van der Waals surface area contributed by atoms with Crippen LogP contribution in [0.4, 0.5) is 23.2 Å². The lowest BCUT2D eigenvalue weighted by atomic mass is 9.87. The molecule has 19 heavy (non-hydrogen) atoms. The molecule has 1 aliphatic heterocycles. The Morgan fingerprint density at radius 1 is 1.11 bits per heavy atom. The van der Waals surface area contributed by atoms with Crippen molar-refractivity contribution in [3.05, 3.63) is 29.3 Å². The third-order valence-electron chi connectivity index (χ3n) is 4.01. The lowest BCUT2D eigenvalue weighted by Crippen LogP contribution is -2.52. The zero-order chi connectivity index (χ0) is 14.3. The number of hydrogen-bond donors (Lipinski definition) is 1. The van der Waals surface area contributed by atoms with Crippen LogP contribution >= 0.6 is 0 Å². The van der Waals surface area contributed by atoms with Crippen LogP contribution in [0.2, 0.25) is 0 Å². The minimum absolute atomic E-state index is 0.0288. The first-order valence-electron chi connectivity index (χ1n) is 6.19. The van der Waals surface area contributed by atoms with Crippen LogP contribution in [-0.4, -0.2) is 18.6 Å². The number of anilines is 1. The molecule has 2 nitrogen and oxygen atoms in total. The number of nitrogens with zero attached hydrogens (tertiary/aromatic N) is 1. The highest BCUT2D eigenvalue weighted by molar-refractivity contribution is 5.51. The van der Waals surface area contributed by atoms with Gasteiger partial charge in [0.1, 0.15) is 5.69 Å².